The summed E-state index contributed by atoms with van der Waals surface area (Å²) < 4.78 is 12.9. The molecule has 2 saturated carbocycles. The maximum absolute atomic E-state index is 14.1. The van der Waals surface area contributed by atoms with E-state index in [1.54, 1.807) is 0 Å². The highest BCUT2D eigenvalue weighted by Gasteiger charge is 2.54. The Hall–Kier alpha value is -1.06. The average molecular weight is 549 g/mol. The normalized spacial score (nSPS) is 23.3. The van der Waals surface area contributed by atoms with Crippen molar-refractivity contribution in [3.63, 3.8) is 0 Å². The zero-order valence-corrected chi connectivity index (χ0v) is 28.0. The molecule has 4 nitrogen and oxygen atoms in total. The van der Waals surface area contributed by atoms with Crippen LogP contribution in [0.4, 0.5) is 0 Å². The SMILES string of the molecule is CCC1(OC(=O)C(C)(CCC(C)(C)C(C)(CC(C)(C)C)C(=O)OC2(C)CCCCC2)C(C)(C)C)CCCCC1. The highest BCUT2D eigenvalue weighted by molar-refractivity contribution is 5.79. The lowest BCUT2D eigenvalue weighted by molar-refractivity contribution is -0.187. The number of rotatable bonds is 10. The van der Waals surface area contributed by atoms with E-state index in [-0.39, 0.29) is 39.4 Å². The van der Waals surface area contributed by atoms with Crippen LogP contribution in [0.2, 0.25) is 0 Å². The van der Waals surface area contributed by atoms with Gasteiger partial charge >= 0.3 is 11.9 Å². The maximum Gasteiger partial charge on any atom is 0.312 e. The summed E-state index contributed by atoms with van der Waals surface area (Å²) in [6, 6.07) is 0. The van der Waals surface area contributed by atoms with Gasteiger partial charge in [-0.15, -0.1) is 0 Å². The Morgan fingerprint density at radius 1 is 0.641 bits per heavy atom. The van der Waals surface area contributed by atoms with Crippen molar-refractivity contribution in [2.75, 3.05) is 0 Å². The Morgan fingerprint density at radius 2 is 1.10 bits per heavy atom. The first-order valence-electron chi connectivity index (χ1n) is 16.1. The van der Waals surface area contributed by atoms with Gasteiger partial charge in [-0.25, -0.2) is 0 Å². The van der Waals surface area contributed by atoms with Crippen molar-refractivity contribution in [1.29, 1.82) is 0 Å². The summed E-state index contributed by atoms with van der Waals surface area (Å²) >= 11 is 0. The molecule has 0 bridgehead atoms. The van der Waals surface area contributed by atoms with E-state index in [4.69, 9.17) is 9.47 Å². The molecule has 0 spiro atoms. The summed E-state index contributed by atoms with van der Waals surface area (Å²) in [6.45, 7) is 26.0. The van der Waals surface area contributed by atoms with Crippen LogP contribution in [0, 0.1) is 27.1 Å². The number of hydrogen-bond donors (Lipinski definition) is 0. The van der Waals surface area contributed by atoms with Gasteiger partial charge in [0.25, 0.3) is 0 Å². The van der Waals surface area contributed by atoms with Crippen molar-refractivity contribution in [3.8, 4) is 0 Å². The number of carbonyl (C=O) groups excluding carboxylic acids is 2. The lowest BCUT2D eigenvalue weighted by atomic mass is 9.56. The molecule has 0 radical (unpaired) electrons. The molecule has 0 aromatic heterocycles. The van der Waals surface area contributed by atoms with Crippen LogP contribution >= 0.6 is 0 Å². The van der Waals surface area contributed by atoms with Crippen molar-refractivity contribution in [3.05, 3.63) is 0 Å². The van der Waals surface area contributed by atoms with E-state index in [9.17, 15) is 9.59 Å². The van der Waals surface area contributed by atoms with E-state index >= 15 is 0 Å². The van der Waals surface area contributed by atoms with Gasteiger partial charge in [-0.3, -0.25) is 9.59 Å². The molecule has 0 saturated heterocycles. The molecule has 228 valence electrons. The second-order valence-electron chi connectivity index (χ2n) is 16.9. The van der Waals surface area contributed by atoms with Gasteiger partial charge in [0.1, 0.15) is 11.2 Å². The molecule has 0 aromatic rings. The van der Waals surface area contributed by atoms with E-state index in [0.29, 0.717) is 6.42 Å². The van der Waals surface area contributed by atoms with E-state index in [1.165, 1.54) is 12.8 Å². The third-order valence-electron chi connectivity index (χ3n) is 11.2. The van der Waals surface area contributed by atoms with Gasteiger partial charge in [0.15, 0.2) is 0 Å². The first-order valence-corrected chi connectivity index (χ1v) is 16.1. The van der Waals surface area contributed by atoms with Crippen LogP contribution in [-0.4, -0.2) is 23.1 Å². The van der Waals surface area contributed by atoms with E-state index in [1.807, 2.05) is 0 Å². The predicted octanol–water partition coefficient (Wildman–Crippen LogP) is 10.2. The minimum Gasteiger partial charge on any atom is -0.459 e. The van der Waals surface area contributed by atoms with Gasteiger partial charge in [0.05, 0.1) is 10.8 Å². The topological polar surface area (TPSA) is 52.6 Å². The van der Waals surface area contributed by atoms with Gasteiger partial charge in [0.2, 0.25) is 0 Å². The minimum absolute atomic E-state index is 0.0424. The Balaban J connectivity index is 2.35. The number of esters is 2. The lowest BCUT2D eigenvalue weighted by Gasteiger charge is -2.50. The fraction of sp³-hybridized carbons (Fsp3) is 0.943. The van der Waals surface area contributed by atoms with Crippen LogP contribution in [0.25, 0.3) is 0 Å². The van der Waals surface area contributed by atoms with Gasteiger partial charge < -0.3 is 9.47 Å². The van der Waals surface area contributed by atoms with Crippen molar-refractivity contribution in [2.24, 2.45) is 27.1 Å². The van der Waals surface area contributed by atoms with E-state index in [0.717, 1.165) is 70.6 Å². The van der Waals surface area contributed by atoms with E-state index in [2.05, 4.69) is 83.1 Å². The molecule has 2 atom stereocenters. The molecular formula is C35H64O4. The third kappa shape index (κ3) is 8.03. The zero-order chi connectivity index (χ0) is 30.0. The average Bonchev–Trinajstić information content (AvgIpc) is 2.81. The standard InChI is InChI=1S/C35H64O4/c1-13-35(22-18-15-19-23-35)39-27(36)33(11,30(5,6)7)25-24-31(8,9)34(12,26-29(2,3)4)28(37)38-32(10)20-16-14-17-21-32/h13-26H2,1-12H3. The monoisotopic (exact) mass is 548 g/mol. The summed E-state index contributed by atoms with van der Waals surface area (Å²) in [5.41, 5.74) is -2.73. The Labute approximate surface area is 242 Å². The van der Waals surface area contributed by atoms with Crippen molar-refractivity contribution < 1.29 is 19.1 Å². The molecule has 0 heterocycles. The molecule has 2 rings (SSSR count). The molecular weight excluding hydrogens is 484 g/mol. The summed E-state index contributed by atoms with van der Waals surface area (Å²) in [6.07, 6.45) is 13.8. The fourth-order valence-electron chi connectivity index (χ4n) is 7.04. The fourth-order valence-corrected chi connectivity index (χ4v) is 7.04. The van der Waals surface area contributed by atoms with Crippen LogP contribution in [-0.2, 0) is 19.1 Å². The largest absolute Gasteiger partial charge is 0.459 e. The van der Waals surface area contributed by atoms with Crippen molar-refractivity contribution in [1.82, 2.24) is 0 Å². The molecule has 2 aliphatic rings. The second kappa shape index (κ2) is 12.0. The van der Waals surface area contributed by atoms with E-state index < -0.39 is 10.8 Å². The second-order valence-corrected chi connectivity index (χ2v) is 16.9. The number of carbonyl (C=O) groups is 2. The minimum atomic E-state index is -0.678. The smallest absolute Gasteiger partial charge is 0.312 e. The Bertz CT molecular complexity index is 830. The summed E-state index contributed by atoms with van der Waals surface area (Å²) in [5.74, 6) is -0.136. The molecule has 2 unspecified atom stereocenters. The van der Waals surface area contributed by atoms with Crippen LogP contribution in [0.5, 0.6) is 0 Å². The molecule has 0 aliphatic heterocycles. The van der Waals surface area contributed by atoms with Crippen molar-refractivity contribution in [2.45, 2.75) is 184 Å². The molecule has 0 amide bonds. The molecule has 0 aromatic carbocycles. The quantitative estimate of drug-likeness (QED) is 0.255. The van der Waals surface area contributed by atoms with Crippen molar-refractivity contribution >= 4 is 11.9 Å². The van der Waals surface area contributed by atoms with Crippen LogP contribution in [0.15, 0.2) is 0 Å². The zero-order valence-electron chi connectivity index (χ0n) is 28.0. The first kappa shape index (κ1) is 34.1. The molecule has 39 heavy (non-hydrogen) atoms. The number of ether oxygens (including phenoxy) is 2. The molecule has 2 aliphatic carbocycles. The van der Waals surface area contributed by atoms with Gasteiger partial charge in [-0.1, -0.05) is 75.2 Å². The Kier molecular flexibility index (Phi) is 10.5. The lowest BCUT2D eigenvalue weighted by Crippen LogP contribution is -2.51. The molecule has 2 fully saturated rings. The summed E-state index contributed by atoms with van der Waals surface area (Å²) in [4.78, 5) is 28.2. The van der Waals surface area contributed by atoms with Crippen LogP contribution < -0.4 is 0 Å². The first-order chi connectivity index (χ1) is 17.6. The molecule has 4 heteroatoms. The predicted molar refractivity (Wildman–Crippen MR) is 163 cm³/mol. The number of hydrogen-bond acceptors (Lipinski definition) is 4. The maximum atomic E-state index is 14.1. The highest BCUT2D eigenvalue weighted by atomic mass is 16.6. The van der Waals surface area contributed by atoms with Gasteiger partial charge in [0, 0.05) is 0 Å². The highest BCUT2D eigenvalue weighted by Crippen LogP contribution is 2.54. The van der Waals surface area contributed by atoms with Crippen LogP contribution in [0.3, 0.4) is 0 Å². The summed E-state index contributed by atoms with van der Waals surface area (Å²) in [5, 5.41) is 0. The van der Waals surface area contributed by atoms with Gasteiger partial charge in [-0.2, -0.15) is 0 Å². The van der Waals surface area contributed by atoms with Crippen LogP contribution in [0.1, 0.15) is 173 Å². The molecule has 0 N–H and O–H groups in total. The third-order valence-corrected chi connectivity index (χ3v) is 11.2. The summed E-state index contributed by atoms with van der Waals surface area (Å²) in [7, 11) is 0. The Morgan fingerprint density at radius 3 is 1.54 bits per heavy atom. The van der Waals surface area contributed by atoms with Gasteiger partial charge in [-0.05, 0) is 114 Å².